The van der Waals surface area contributed by atoms with E-state index < -0.39 is 0 Å². The number of methoxy groups -OCH3 is 1. The smallest absolute Gasteiger partial charge is 0.168 e. The second-order valence-electron chi connectivity index (χ2n) is 4.32. The average molecular weight is 260 g/mol. The first-order valence-electron chi connectivity index (χ1n) is 5.82. The van der Waals surface area contributed by atoms with E-state index in [1.54, 1.807) is 18.4 Å². The van der Waals surface area contributed by atoms with Gasteiger partial charge in [-0.3, -0.25) is 4.79 Å². The number of aryl methyl sites for hydroxylation is 2. The predicted octanol–water partition coefficient (Wildman–Crippen LogP) is 3.80. The minimum Gasteiger partial charge on any atom is -0.496 e. The largest absolute Gasteiger partial charge is 0.496 e. The average Bonchev–Trinajstić information content (AvgIpc) is 2.84. The number of thiophene rings is 1. The van der Waals surface area contributed by atoms with Gasteiger partial charge in [-0.05, 0) is 48.6 Å². The van der Waals surface area contributed by atoms with Gasteiger partial charge in [-0.2, -0.15) is 0 Å². The Bertz CT molecular complexity index is 556. The van der Waals surface area contributed by atoms with E-state index in [4.69, 9.17) is 4.74 Å². The molecule has 0 aliphatic rings. The van der Waals surface area contributed by atoms with Crippen molar-refractivity contribution in [3.05, 3.63) is 51.2 Å². The Labute approximate surface area is 111 Å². The van der Waals surface area contributed by atoms with Crippen LogP contribution in [-0.2, 0) is 6.42 Å². The number of ketones is 1. The lowest BCUT2D eigenvalue weighted by molar-refractivity contribution is 0.0993. The standard InChI is InChI=1S/C15H16O2S/c1-10-8-15(17-3)11(2)7-13(10)14(16)9-12-5-4-6-18-12/h4-8H,9H2,1-3H3. The number of rotatable bonds is 4. The van der Waals surface area contributed by atoms with Crippen molar-refractivity contribution in [3.8, 4) is 5.75 Å². The molecule has 2 rings (SSSR count). The normalized spacial score (nSPS) is 10.4. The topological polar surface area (TPSA) is 26.3 Å². The zero-order valence-corrected chi connectivity index (χ0v) is 11.6. The molecule has 0 aliphatic heterocycles. The molecule has 2 nitrogen and oxygen atoms in total. The van der Waals surface area contributed by atoms with Crippen LogP contribution in [0.3, 0.4) is 0 Å². The maximum Gasteiger partial charge on any atom is 0.168 e. The van der Waals surface area contributed by atoms with Gasteiger partial charge in [0.05, 0.1) is 7.11 Å². The van der Waals surface area contributed by atoms with Crippen molar-refractivity contribution in [3.63, 3.8) is 0 Å². The fraction of sp³-hybridized carbons (Fsp3) is 0.267. The molecule has 0 N–H and O–H groups in total. The summed E-state index contributed by atoms with van der Waals surface area (Å²) in [6.07, 6.45) is 0.476. The molecule has 3 heteroatoms. The highest BCUT2D eigenvalue weighted by atomic mass is 32.1. The molecule has 0 radical (unpaired) electrons. The van der Waals surface area contributed by atoms with E-state index in [1.807, 2.05) is 43.5 Å². The molecule has 0 fully saturated rings. The van der Waals surface area contributed by atoms with Crippen LogP contribution in [0.4, 0.5) is 0 Å². The van der Waals surface area contributed by atoms with E-state index in [2.05, 4.69) is 0 Å². The third-order valence-corrected chi connectivity index (χ3v) is 3.83. The molecule has 0 saturated carbocycles. The first-order chi connectivity index (χ1) is 8.61. The summed E-state index contributed by atoms with van der Waals surface area (Å²) in [7, 11) is 1.65. The van der Waals surface area contributed by atoms with Crippen molar-refractivity contribution in [2.45, 2.75) is 20.3 Å². The SMILES string of the molecule is COc1cc(C)c(C(=O)Cc2cccs2)cc1C. The number of Topliss-reactive ketones (excluding diaryl/α,β-unsaturated/α-hetero) is 1. The summed E-state index contributed by atoms with van der Waals surface area (Å²) in [5.41, 5.74) is 2.76. The lowest BCUT2D eigenvalue weighted by Gasteiger charge is -2.10. The molecule has 0 unspecified atom stereocenters. The molecule has 0 bridgehead atoms. The van der Waals surface area contributed by atoms with Crippen LogP contribution in [0.1, 0.15) is 26.4 Å². The summed E-state index contributed by atoms with van der Waals surface area (Å²) >= 11 is 1.62. The van der Waals surface area contributed by atoms with E-state index in [9.17, 15) is 4.79 Å². The van der Waals surface area contributed by atoms with Gasteiger partial charge in [-0.1, -0.05) is 6.07 Å². The molecule has 18 heavy (non-hydrogen) atoms. The maximum absolute atomic E-state index is 12.3. The van der Waals surface area contributed by atoms with Gasteiger partial charge in [0.2, 0.25) is 0 Å². The summed E-state index contributed by atoms with van der Waals surface area (Å²) in [6.45, 7) is 3.91. The molecule has 2 aromatic rings. The van der Waals surface area contributed by atoms with Crippen LogP contribution in [0.25, 0.3) is 0 Å². The first-order valence-corrected chi connectivity index (χ1v) is 6.70. The van der Waals surface area contributed by atoms with Gasteiger partial charge >= 0.3 is 0 Å². The summed E-state index contributed by atoms with van der Waals surface area (Å²) in [6, 6.07) is 7.81. The summed E-state index contributed by atoms with van der Waals surface area (Å²) in [5, 5.41) is 1.99. The predicted molar refractivity (Wildman–Crippen MR) is 74.8 cm³/mol. The van der Waals surface area contributed by atoms with Crippen LogP contribution in [0.15, 0.2) is 29.6 Å². The zero-order chi connectivity index (χ0) is 13.1. The lowest BCUT2D eigenvalue weighted by Crippen LogP contribution is -2.05. The maximum atomic E-state index is 12.3. The van der Waals surface area contributed by atoms with Crippen LogP contribution in [-0.4, -0.2) is 12.9 Å². The molecule has 0 aliphatic carbocycles. The van der Waals surface area contributed by atoms with Gasteiger partial charge in [0.1, 0.15) is 5.75 Å². The minimum absolute atomic E-state index is 0.167. The first kappa shape index (κ1) is 12.8. The fourth-order valence-electron chi connectivity index (χ4n) is 1.98. The number of benzene rings is 1. The summed E-state index contributed by atoms with van der Waals surface area (Å²) < 4.78 is 5.26. The molecule has 94 valence electrons. The molecule has 1 heterocycles. The Morgan fingerprint density at radius 2 is 2.06 bits per heavy atom. The van der Waals surface area contributed by atoms with E-state index in [0.29, 0.717) is 6.42 Å². The van der Waals surface area contributed by atoms with Crippen LogP contribution in [0.5, 0.6) is 5.75 Å². The molecular weight excluding hydrogens is 244 g/mol. The van der Waals surface area contributed by atoms with Crippen molar-refractivity contribution in [1.82, 2.24) is 0 Å². The Kier molecular flexibility index (Phi) is 3.82. The van der Waals surface area contributed by atoms with Crippen LogP contribution < -0.4 is 4.74 Å². The fourth-order valence-corrected chi connectivity index (χ4v) is 2.68. The van der Waals surface area contributed by atoms with Gasteiger partial charge in [0.15, 0.2) is 5.78 Å². The van der Waals surface area contributed by atoms with E-state index in [0.717, 1.165) is 27.3 Å². The number of carbonyl (C=O) groups excluding carboxylic acids is 1. The Morgan fingerprint density at radius 3 is 2.67 bits per heavy atom. The highest BCUT2D eigenvalue weighted by Crippen LogP contribution is 2.24. The van der Waals surface area contributed by atoms with E-state index in [1.165, 1.54) is 0 Å². The Hall–Kier alpha value is -1.61. The summed E-state index contributed by atoms with van der Waals surface area (Å²) in [5.74, 6) is 1.00. The second-order valence-corrected chi connectivity index (χ2v) is 5.35. The summed E-state index contributed by atoms with van der Waals surface area (Å²) in [4.78, 5) is 13.4. The van der Waals surface area contributed by atoms with E-state index >= 15 is 0 Å². The van der Waals surface area contributed by atoms with Crippen molar-refractivity contribution in [2.24, 2.45) is 0 Å². The van der Waals surface area contributed by atoms with Gasteiger partial charge < -0.3 is 4.74 Å². The van der Waals surface area contributed by atoms with Crippen molar-refractivity contribution >= 4 is 17.1 Å². The number of hydrogen-bond donors (Lipinski definition) is 0. The number of hydrogen-bond acceptors (Lipinski definition) is 3. The van der Waals surface area contributed by atoms with Crippen molar-refractivity contribution in [1.29, 1.82) is 0 Å². The molecule has 0 atom stereocenters. The third kappa shape index (κ3) is 2.62. The molecule has 1 aromatic heterocycles. The zero-order valence-electron chi connectivity index (χ0n) is 10.8. The Morgan fingerprint density at radius 1 is 1.28 bits per heavy atom. The highest BCUT2D eigenvalue weighted by molar-refractivity contribution is 7.10. The molecule has 0 amide bonds. The van der Waals surface area contributed by atoms with Gasteiger partial charge in [-0.15, -0.1) is 11.3 Å². The highest BCUT2D eigenvalue weighted by Gasteiger charge is 2.13. The number of carbonyl (C=O) groups is 1. The molecular formula is C15H16O2S. The minimum atomic E-state index is 0.167. The molecule has 0 saturated heterocycles. The van der Waals surface area contributed by atoms with Gasteiger partial charge in [0.25, 0.3) is 0 Å². The monoisotopic (exact) mass is 260 g/mol. The molecule has 0 spiro atoms. The molecule has 1 aromatic carbocycles. The Balaban J connectivity index is 2.28. The number of ether oxygens (including phenoxy) is 1. The van der Waals surface area contributed by atoms with Crippen molar-refractivity contribution in [2.75, 3.05) is 7.11 Å². The van der Waals surface area contributed by atoms with Gasteiger partial charge in [0, 0.05) is 16.9 Å². The second kappa shape index (κ2) is 5.36. The lowest BCUT2D eigenvalue weighted by atomic mass is 9.99. The van der Waals surface area contributed by atoms with Crippen LogP contribution in [0, 0.1) is 13.8 Å². The third-order valence-electron chi connectivity index (χ3n) is 2.96. The van der Waals surface area contributed by atoms with E-state index in [-0.39, 0.29) is 5.78 Å². The van der Waals surface area contributed by atoms with Crippen LogP contribution in [0.2, 0.25) is 0 Å². The van der Waals surface area contributed by atoms with Crippen LogP contribution >= 0.6 is 11.3 Å². The quantitative estimate of drug-likeness (QED) is 0.782. The van der Waals surface area contributed by atoms with Gasteiger partial charge in [-0.25, -0.2) is 0 Å². The van der Waals surface area contributed by atoms with Crippen molar-refractivity contribution < 1.29 is 9.53 Å².